The topological polar surface area (TPSA) is 58.2 Å². The molecule has 1 amide bonds. The van der Waals surface area contributed by atoms with Crippen LogP contribution in [0.4, 0.5) is 0 Å². The molecule has 23 heavy (non-hydrogen) atoms. The molecule has 0 aromatic carbocycles. The molecule has 0 aliphatic heterocycles. The Bertz CT molecular complexity index is 348. The maximum Gasteiger partial charge on any atom is 0.237 e. The summed E-state index contributed by atoms with van der Waals surface area (Å²) in [5.41, 5.74) is -0.123. The molecule has 0 aromatic rings. The smallest absolute Gasteiger partial charge is 0.237 e. The van der Waals surface area contributed by atoms with E-state index in [4.69, 9.17) is 0 Å². The predicted octanol–water partition coefficient (Wildman–Crippen LogP) is 3.98. The number of rotatable bonds is 12. The first kappa shape index (κ1) is 22.1. The van der Waals surface area contributed by atoms with E-state index in [0.717, 1.165) is 51.4 Å². The fraction of sp³-hybridized carbons (Fsp3) is 0.895. The van der Waals surface area contributed by atoms with Crippen molar-refractivity contribution in [3.05, 3.63) is 0 Å². The third-order valence-corrected chi connectivity index (χ3v) is 3.92. The fourth-order valence-electron chi connectivity index (χ4n) is 2.64. The molecule has 136 valence electrons. The monoisotopic (exact) mass is 326 g/mol. The first-order chi connectivity index (χ1) is 10.7. The molecular weight excluding hydrogens is 288 g/mol. The van der Waals surface area contributed by atoms with Crippen molar-refractivity contribution in [3.8, 4) is 0 Å². The second-order valence-corrected chi connectivity index (χ2v) is 7.61. The molecule has 2 N–H and O–H groups in total. The van der Waals surface area contributed by atoms with Gasteiger partial charge in [-0.25, -0.2) is 0 Å². The molecule has 2 unspecified atom stereocenters. The molecule has 0 aliphatic rings. The molecule has 0 saturated heterocycles. The van der Waals surface area contributed by atoms with Crippen LogP contribution >= 0.6 is 0 Å². The Labute approximate surface area is 143 Å². The van der Waals surface area contributed by atoms with Gasteiger partial charge in [0.05, 0.1) is 12.1 Å². The van der Waals surface area contributed by atoms with E-state index < -0.39 is 0 Å². The lowest BCUT2D eigenvalue weighted by Gasteiger charge is -2.29. The summed E-state index contributed by atoms with van der Waals surface area (Å²) in [5, 5.41) is 6.38. The van der Waals surface area contributed by atoms with Crippen LogP contribution in [0, 0.1) is 0 Å². The summed E-state index contributed by atoms with van der Waals surface area (Å²) < 4.78 is 0. The molecule has 0 heterocycles. The first-order valence-corrected chi connectivity index (χ1v) is 9.29. The molecule has 0 saturated carbocycles. The van der Waals surface area contributed by atoms with E-state index in [1.54, 1.807) is 6.92 Å². The van der Waals surface area contributed by atoms with Crippen molar-refractivity contribution in [1.82, 2.24) is 10.6 Å². The second kappa shape index (κ2) is 11.6. The number of ketones is 1. The Morgan fingerprint density at radius 1 is 0.870 bits per heavy atom. The van der Waals surface area contributed by atoms with Gasteiger partial charge < -0.3 is 10.6 Å². The van der Waals surface area contributed by atoms with Gasteiger partial charge >= 0.3 is 0 Å². The Hall–Kier alpha value is -0.900. The number of amides is 1. The molecule has 0 bridgehead atoms. The summed E-state index contributed by atoms with van der Waals surface area (Å²) in [7, 11) is 0. The van der Waals surface area contributed by atoms with Crippen LogP contribution < -0.4 is 10.6 Å². The number of carbonyl (C=O) groups is 2. The summed E-state index contributed by atoms with van der Waals surface area (Å²) >= 11 is 0. The standard InChI is InChI=1S/C19H38N2O2/c1-7-9-11-13-16(15(3)22)20-18(23)17(14-12-10-8-2)21-19(4,5)6/h16-17,21H,7-14H2,1-6H3,(H,20,23). The average molecular weight is 327 g/mol. The van der Waals surface area contributed by atoms with Crippen molar-refractivity contribution in [2.24, 2.45) is 0 Å². The van der Waals surface area contributed by atoms with Gasteiger partial charge in [0.25, 0.3) is 0 Å². The molecule has 0 fully saturated rings. The molecule has 0 aliphatic carbocycles. The van der Waals surface area contributed by atoms with Crippen molar-refractivity contribution in [3.63, 3.8) is 0 Å². The highest BCUT2D eigenvalue weighted by Crippen LogP contribution is 2.11. The van der Waals surface area contributed by atoms with Crippen LogP contribution in [0.25, 0.3) is 0 Å². The lowest BCUT2D eigenvalue weighted by atomic mass is 10.0. The van der Waals surface area contributed by atoms with Crippen molar-refractivity contribution in [2.75, 3.05) is 0 Å². The summed E-state index contributed by atoms with van der Waals surface area (Å²) in [4.78, 5) is 24.4. The number of hydrogen-bond donors (Lipinski definition) is 2. The van der Waals surface area contributed by atoms with Crippen molar-refractivity contribution in [1.29, 1.82) is 0 Å². The minimum absolute atomic E-state index is 0.0345. The summed E-state index contributed by atoms with van der Waals surface area (Å²) in [6.45, 7) is 12.1. The number of hydrogen-bond acceptors (Lipinski definition) is 3. The summed E-state index contributed by atoms with van der Waals surface area (Å²) in [6.07, 6.45) is 8.04. The molecule has 0 aromatic heterocycles. The van der Waals surface area contributed by atoms with E-state index in [9.17, 15) is 9.59 Å². The third-order valence-electron chi connectivity index (χ3n) is 3.92. The van der Waals surface area contributed by atoms with Gasteiger partial charge in [0, 0.05) is 5.54 Å². The first-order valence-electron chi connectivity index (χ1n) is 9.29. The number of Topliss-reactive ketones (excluding diaryl/α,β-unsaturated/α-hetero) is 1. The van der Waals surface area contributed by atoms with Crippen molar-refractivity contribution >= 4 is 11.7 Å². The van der Waals surface area contributed by atoms with Gasteiger partial charge in [0.15, 0.2) is 5.78 Å². The maximum atomic E-state index is 12.6. The van der Waals surface area contributed by atoms with E-state index in [1.165, 1.54) is 0 Å². The van der Waals surface area contributed by atoms with E-state index in [2.05, 4.69) is 45.3 Å². The van der Waals surface area contributed by atoms with Crippen LogP contribution in [0.3, 0.4) is 0 Å². The van der Waals surface area contributed by atoms with Gasteiger partial charge in [-0.3, -0.25) is 9.59 Å². The van der Waals surface area contributed by atoms with Crippen LogP contribution in [0.15, 0.2) is 0 Å². The normalized spacial score (nSPS) is 14.3. The van der Waals surface area contributed by atoms with E-state index in [0.29, 0.717) is 0 Å². The lowest BCUT2D eigenvalue weighted by molar-refractivity contribution is -0.128. The Kier molecular flexibility index (Phi) is 11.2. The van der Waals surface area contributed by atoms with Crippen LogP contribution in [0.2, 0.25) is 0 Å². The summed E-state index contributed by atoms with van der Waals surface area (Å²) in [5.74, 6) is 0.0187. The van der Waals surface area contributed by atoms with Gasteiger partial charge in [-0.15, -0.1) is 0 Å². The average Bonchev–Trinajstić information content (AvgIpc) is 2.44. The Morgan fingerprint density at radius 2 is 1.35 bits per heavy atom. The fourth-order valence-corrected chi connectivity index (χ4v) is 2.64. The van der Waals surface area contributed by atoms with Crippen LogP contribution in [0.5, 0.6) is 0 Å². The molecule has 4 nitrogen and oxygen atoms in total. The molecule has 2 atom stereocenters. The highest BCUT2D eigenvalue weighted by atomic mass is 16.2. The predicted molar refractivity (Wildman–Crippen MR) is 97.6 cm³/mol. The van der Waals surface area contributed by atoms with Gasteiger partial charge in [0.2, 0.25) is 5.91 Å². The molecule has 4 heteroatoms. The minimum atomic E-state index is -0.343. The van der Waals surface area contributed by atoms with E-state index in [-0.39, 0.29) is 29.3 Å². The van der Waals surface area contributed by atoms with E-state index >= 15 is 0 Å². The van der Waals surface area contributed by atoms with Crippen molar-refractivity contribution < 1.29 is 9.59 Å². The lowest BCUT2D eigenvalue weighted by Crippen LogP contribution is -2.54. The zero-order valence-electron chi connectivity index (χ0n) is 16.1. The number of carbonyl (C=O) groups excluding carboxylic acids is 2. The van der Waals surface area contributed by atoms with Gasteiger partial charge in [-0.05, 0) is 40.5 Å². The zero-order valence-corrected chi connectivity index (χ0v) is 16.1. The highest BCUT2D eigenvalue weighted by Gasteiger charge is 2.26. The second-order valence-electron chi connectivity index (χ2n) is 7.61. The van der Waals surface area contributed by atoms with Crippen LogP contribution in [0.1, 0.15) is 92.9 Å². The summed E-state index contributed by atoms with van der Waals surface area (Å²) in [6, 6.07) is -0.570. The third kappa shape index (κ3) is 11.3. The van der Waals surface area contributed by atoms with Gasteiger partial charge in [-0.1, -0.05) is 52.4 Å². The van der Waals surface area contributed by atoms with Gasteiger partial charge in [-0.2, -0.15) is 0 Å². The molecule has 0 spiro atoms. The minimum Gasteiger partial charge on any atom is -0.345 e. The zero-order chi connectivity index (χ0) is 17.9. The van der Waals surface area contributed by atoms with Crippen LogP contribution in [-0.4, -0.2) is 29.3 Å². The maximum absolute atomic E-state index is 12.6. The van der Waals surface area contributed by atoms with Gasteiger partial charge in [0.1, 0.15) is 0 Å². The molecule has 0 rings (SSSR count). The van der Waals surface area contributed by atoms with E-state index in [1.807, 2.05) is 0 Å². The Morgan fingerprint density at radius 3 is 1.74 bits per heavy atom. The Balaban J connectivity index is 4.71. The SMILES string of the molecule is CCCCCC(NC(=O)C(CCCCC)NC(C)(C)C)C(C)=O. The quantitative estimate of drug-likeness (QED) is 0.533. The number of unbranched alkanes of at least 4 members (excludes halogenated alkanes) is 4. The highest BCUT2D eigenvalue weighted by molar-refractivity contribution is 5.89. The van der Waals surface area contributed by atoms with Crippen molar-refractivity contribution in [2.45, 2.75) is 111 Å². The number of nitrogens with one attached hydrogen (secondary N) is 2. The van der Waals surface area contributed by atoms with Crippen LogP contribution in [-0.2, 0) is 9.59 Å². The largest absolute Gasteiger partial charge is 0.345 e. The molecule has 0 radical (unpaired) electrons. The molecular formula is C19H38N2O2.